The van der Waals surface area contributed by atoms with Crippen LogP contribution in [0.5, 0.6) is 0 Å². The van der Waals surface area contributed by atoms with Crippen LogP contribution in [-0.2, 0) is 23.9 Å². The van der Waals surface area contributed by atoms with Crippen molar-refractivity contribution in [2.75, 3.05) is 13.2 Å². The van der Waals surface area contributed by atoms with E-state index in [2.05, 4.69) is 13.2 Å². The summed E-state index contributed by atoms with van der Waals surface area (Å²) in [5, 5.41) is 10.8. The lowest BCUT2D eigenvalue weighted by Crippen LogP contribution is -2.55. The van der Waals surface area contributed by atoms with E-state index in [1.165, 1.54) is 31.2 Å². The summed E-state index contributed by atoms with van der Waals surface area (Å²) in [7, 11) is 0. The molecule has 1 aromatic rings. The molecular weight excluding hydrogens is 367 g/mol. The van der Waals surface area contributed by atoms with E-state index in [0.29, 0.717) is 5.56 Å². The van der Waals surface area contributed by atoms with Gasteiger partial charge in [0.1, 0.15) is 24.9 Å². The summed E-state index contributed by atoms with van der Waals surface area (Å²) in [6.07, 6.45) is 2.29. The Balaban J connectivity index is 2.56. The number of Topliss-reactive ketones (excluding diaryl/α,β-unsaturated/α-hetero) is 1. The molecule has 0 radical (unpaired) electrons. The number of hydrogen-bond donors (Lipinski definition) is 1. The van der Waals surface area contributed by atoms with Crippen LogP contribution in [-0.4, -0.2) is 41.6 Å². The maximum absolute atomic E-state index is 13.4. The summed E-state index contributed by atoms with van der Waals surface area (Å²) in [4.78, 5) is 38.0. The SMILES string of the molecule is C=CCOC(=O)[C@H]1C(=O)C[C@](C)(O)[C@@H](C(=O)OCC=C)[C@H]1c1ccc(F)cc1. The van der Waals surface area contributed by atoms with E-state index >= 15 is 0 Å². The lowest BCUT2D eigenvalue weighted by atomic mass is 9.62. The van der Waals surface area contributed by atoms with Crippen molar-refractivity contribution in [2.45, 2.75) is 24.9 Å². The van der Waals surface area contributed by atoms with Gasteiger partial charge in [0, 0.05) is 12.3 Å². The van der Waals surface area contributed by atoms with E-state index in [4.69, 9.17) is 9.47 Å². The standard InChI is InChI=1S/C21H23FO6/c1-4-10-27-19(24)17-15(23)12-21(3,26)18(20(25)28-11-5-2)16(17)13-6-8-14(22)9-7-13/h4-9,16-18,26H,1-2,10-12H2,3H3/t16-,17-,18+,21-/m0/s1. The molecule has 1 aliphatic rings. The summed E-state index contributed by atoms with van der Waals surface area (Å²) >= 11 is 0. The van der Waals surface area contributed by atoms with Crippen molar-refractivity contribution in [1.82, 2.24) is 0 Å². The van der Waals surface area contributed by atoms with E-state index in [0.717, 1.165) is 12.1 Å². The number of esters is 2. The zero-order chi connectivity index (χ0) is 20.9. The van der Waals surface area contributed by atoms with Gasteiger partial charge in [-0.1, -0.05) is 37.4 Å². The highest BCUT2D eigenvalue weighted by molar-refractivity contribution is 6.02. The molecule has 1 N–H and O–H groups in total. The van der Waals surface area contributed by atoms with Crippen molar-refractivity contribution in [3.63, 3.8) is 0 Å². The Hall–Kier alpha value is -2.80. The Morgan fingerprint density at radius 2 is 1.71 bits per heavy atom. The third-order valence-electron chi connectivity index (χ3n) is 4.72. The Morgan fingerprint density at radius 3 is 2.25 bits per heavy atom. The van der Waals surface area contributed by atoms with Crippen molar-refractivity contribution in [3.8, 4) is 0 Å². The third kappa shape index (κ3) is 4.54. The number of carbonyl (C=O) groups excluding carboxylic acids is 3. The van der Waals surface area contributed by atoms with Crippen LogP contribution in [0, 0.1) is 17.7 Å². The summed E-state index contributed by atoms with van der Waals surface area (Å²) < 4.78 is 23.6. The van der Waals surface area contributed by atoms with Gasteiger partial charge in [-0.2, -0.15) is 0 Å². The van der Waals surface area contributed by atoms with Gasteiger partial charge in [-0.05, 0) is 24.6 Å². The molecule has 6 nitrogen and oxygen atoms in total. The number of benzene rings is 1. The smallest absolute Gasteiger partial charge is 0.317 e. The number of ketones is 1. The van der Waals surface area contributed by atoms with Gasteiger partial charge < -0.3 is 14.6 Å². The molecule has 0 bridgehead atoms. The van der Waals surface area contributed by atoms with Crippen LogP contribution in [0.4, 0.5) is 4.39 Å². The minimum Gasteiger partial charge on any atom is -0.461 e. The first kappa shape index (κ1) is 21.5. The number of ether oxygens (including phenoxy) is 2. The molecule has 7 heteroatoms. The molecule has 4 atom stereocenters. The van der Waals surface area contributed by atoms with Crippen molar-refractivity contribution in [3.05, 3.63) is 61.0 Å². The molecular formula is C21H23FO6. The van der Waals surface area contributed by atoms with Crippen LogP contribution in [0.15, 0.2) is 49.6 Å². The number of carbonyl (C=O) groups is 3. The Bertz CT molecular complexity index is 768. The second kappa shape index (κ2) is 8.93. The molecule has 0 aliphatic heterocycles. The largest absolute Gasteiger partial charge is 0.461 e. The van der Waals surface area contributed by atoms with Crippen LogP contribution < -0.4 is 0 Å². The fourth-order valence-electron chi connectivity index (χ4n) is 3.56. The molecule has 0 aromatic heterocycles. The van der Waals surface area contributed by atoms with Crippen molar-refractivity contribution in [1.29, 1.82) is 0 Å². The van der Waals surface area contributed by atoms with Gasteiger partial charge in [0.2, 0.25) is 0 Å². The summed E-state index contributed by atoms with van der Waals surface area (Å²) in [5.41, 5.74) is -1.42. The lowest BCUT2D eigenvalue weighted by molar-refractivity contribution is -0.171. The minimum absolute atomic E-state index is 0.0962. The lowest BCUT2D eigenvalue weighted by Gasteiger charge is -2.43. The molecule has 1 saturated carbocycles. The second-order valence-electron chi connectivity index (χ2n) is 6.87. The zero-order valence-electron chi connectivity index (χ0n) is 15.6. The highest BCUT2D eigenvalue weighted by atomic mass is 19.1. The van der Waals surface area contributed by atoms with E-state index in [1.807, 2.05) is 0 Å². The fourth-order valence-corrected chi connectivity index (χ4v) is 3.56. The van der Waals surface area contributed by atoms with Gasteiger partial charge in [-0.25, -0.2) is 4.39 Å². The number of aliphatic hydroxyl groups is 1. The van der Waals surface area contributed by atoms with Gasteiger partial charge >= 0.3 is 11.9 Å². The van der Waals surface area contributed by atoms with Gasteiger partial charge in [0.05, 0.1) is 11.5 Å². The van der Waals surface area contributed by atoms with E-state index in [9.17, 15) is 23.9 Å². The van der Waals surface area contributed by atoms with Crippen molar-refractivity contribution >= 4 is 17.7 Å². The first-order chi connectivity index (χ1) is 13.2. The molecule has 1 fully saturated rings. The van der Waals surface area contributed by atoms with Gasteiger partial charge in [-0.15, -0.1) is 0 Å². The molecule has 28 heavy (non-hydrogen) atoms. The fraction of sp³-hybridized carbons (Fsp3) is 0.381. The molecule has 0 heterocycles. The second-order valence-corrected chi connectivity index (χ2v) is 6.87. The molecule has 0 saturated heterocycles. The average Bonchev–Trinajstić information content (AvgIpc) is 2.63. The minimum atomic E-state index is -1.76. The van der Waals surface area contributed by atoms with Crippen LogP contribution >= 0.6 is 0 Å². The molecule has 1 aliphatic carbocycles. The summed E-state index contributed by atoms with van der Waals surface area (Å²) in [6, 6.07) is 5.05. The monoisotopic (exact) mass is 390 g/mol. The molecule has 0 unspecified atom stereocenters. The molecule has 2 rings (SSSR count). The highest BCUT2D eigenvalue weighted by Crippen LogP contribution is 2.46. The van der Waals surface area contributed by atoms with Crippen LogP contribution in [0.2, 0.25) is 0 Å². The van der Waals surface area contributed by atoms with E-state index in [1.54, 1.807) is 0 Å². The number of halogens is 1. The first-order valence-corrected chi connectivity index (χ1v) is 8.78. The Labute approximate surface area is 162 Å². The van der Waals surface area contributed by atoms with Crippen LogP contribution in [0.25, 0.3) is 0 Å². The summed E-state index contributed by atoms with van der Waals surface area (Å²) in [6.45, 7) is 8.06. The predicted molar refractivity (Wildman–Crippen MR) is 98.7 cm³/mol. The molecule has 150 valence electrons. The van der Waals surface area contributed by atoms with Crippen LogP contribution in [0.1, 0.15) is 24.8 Å². The van der Waals surface area contributed by atoms with E-state index in [-0.39, 0.29) is 13.2 Å². The average molecular weight is 390 g/mol. The number of hydrogen-bond acceptors (Lipinski definition) is 6. The van der Waals surface area contributed by atoms with Gasteiger partial charge in [0.15, 0.2) is 5.78 Å². The first-order valence-electron chi connectivity index (χ1n) is 8.78. The molecule has 1 aromatic carbocycles. The van der Waals surface area contributed by atoms with E-state index < -0.39 is 53.3 Å². The quantitative estimate of drug-likeness (QED) is 0.437. The van der Waals surface area contributed by atoms with Gasteiger partial charge in [0.25, 0.3) is 0 Å². The molecule has 0 spiro atoms. The van der Waals surface area contributed by atoms with Crippen molar-refractivity contribution in [2.24, 2.45) is 11.8 Å². The summed E-state index contributed by atoms with van der Waals surface area (Å²) in [5.74, 6) is -6.37. The number of rotatable bonds is 7. The maximum Gasteiger partial charge on any atom is 0.317 e. The third-order valence-corrected chi connectivity index (χ3v) is 4.72. The Morgan fingerprint density at radius 1 is 1.18 bits per heavy atom. The van der Waals surface area contributed by atoms with Gasteiger partial charge in [-0.3, -0.25) is 14.4 Å². The highest BCUT2D eigenvalue weighted by Gasteiger charge is 2.57. The zero-order valence-corrected chi connectivity index (χ0v) is 15.6. The van der Waals surface area contributed by atoms with Crippen molar-refractivity contribution < 1.29 is 33.4 Å². The Kier molecular flexibility index (Phi) is 6.85. The normalized spacial score (nSPS) is 27.0. The maximum atomic E-state index is 13.4. The predicted octanol–water partition coefficient (Wildman–Crippen LogP) is 2.32. The topological polar surface area (TPSA) is 89.9 Å². The van der Waals surface area contributed by atoms with Crippen LogP contribution in [0.3, 0.4) is 0 Å². The molecule has 0 amide bonds.